The largest absolute Gasteiger partial charge is 0.468 e. The molecule has 1 aromatic heterocycles. The fraction of sp³-hybridized carbons (Fsp3) is 0.250. The fourth-order valence-corrected chi connectivity index (χ4v) is 4.63. The highest BCUT2D eigenvalue weighted by Crippen LogP contribution is 2.25. The molecule has 1 atom stereocenters. The van der Waals surface area contributed by atoms with Crippen molar-refractivity contribution in [3.8, 4) is 0 Å². The lowest BCUT2D eigenvalue weighted by Crippen LogP contribution is -2.49. The van der Waals surface area contributed by atoms with E-state index in [0.717, 1.165) is 43.2 Å². The summed E-state index contributed by atoms with van der Waals surface area (Å²) < 4.78 is 46.6. The third-order valence-corrected chi connectivity index (χ3v) is 6.60. The molecule has 1 aliphatic rings. The second-order valence-corrected chi connectivity index (χ2v) is 9.29. The Balaban J connectivity index is 1.40. The molecule has 0 aliphatic carbocycles. The van der Waals surface area contributed by atoms with Gasteiger partial charge in [0.25, 0.3) is 0 Å². The number of piperazine rings is 1. The lowest BCUT2D eigenvalue weighted by molar-refractivity contribution is 0.166. The van der Waals surface area contributed by atoms with Crippen molar-refractivity contribution in [2.24, 2.45) is 0 Å². The van der Waals surface area contributed by atoms with Gasteiger partial charge in [-0.2, -0.15) is 0 Å². The molecule has 4 rings (SSSR count). The van der Waals surface area contributed by atoms with Gasteiger partial charge < -0.3 is 9.32 Å². The molecule has 1 fully saturated rings. The van der Waals surface area contributed by atoms with Crippen LogP contribution in [0.2, 0.25) is 0 Å². The fourth-order valence-electron chi connectivity index (χ4n) is 3.81. The Morgan fingerprint density at radius 3 is 2.34 bits per heavy atom. The van der Waals surface area contributed by atoms with Crippen LogP contribution >= 0.6 is 0 Å². The maximum Gasteiger partial charge on any atom is 0.233 e. The summed E-state index contributed by atoms with van der Waals surface area (Å²) in [6.07, 6.45) is 3.17. The van der Waals surface area contributed by atoms with Crippen molar-refractivity contribution in [2.45, 2.75) is 6.04 Å². The zero-order valence-corrected chi connectivity index (χ0v) is 18.4. The third-order valence-electron chi connectivity index (χ3n) is 5.54. The van der Waals surface area contributed by atoms with E-state index in [0.29, 0.717) is 0 Å². The standard InChI is InChI=1S/C24H26FN3O3S/c25-21-8-10-22(11-9-21)27-13-15-28(16-14-27)23(24-7-4-17-31-24)19-26-32(29,30)18-12-20-5-2-1-3-6-20/h1-12,17-18,23,26H,13-16,19H2/b18-12+. The molecule has 2 aromatic carbocycles. The maximum absolute atomic E-state index is 13.2. The van der Waals surface area contributed by atoms with Gasteiger partial charge in [0.15, 0.2) is 0 Å². The number of halogens is 1. The average molecular weight is 456 g/mol. The van der Waals surface area contributed by atoms with E-state index in [1.165, 1.54) is 17.5 Å². The molecular formula is C24H26FN3O3S. The quantitative estimate of drug-likeness (QED) is 0.559. The van der Waals surface area contributed by atoms with E-state index in [1.807, 2.05) is 36.4 Å². The SMILES string of the molecule is O=S(=O)(/C=C/c1ccccc1)NCC(c1ccco1)N1CCN(c2ccc(F)cc2)CC1. The molecule has 6 nitrogen and oxygen atoms in total. The maximum atomic E-state index is 13.2. The Kier molecular flexibility index (Phi) is 7.04. The minimum atomic E-state index is -3.61. The predicted molar refractivity (Wildman–Crippen MR) is 124 cm³/mol. The Bertz CT molecular complexity index is 1110. The van der Waals surface area contributed by atoms with Crippen LogP contribution in [0.1, 0.15) is 17.4 Å². The van der Waals surface area contributed by atoms with Gasteiger partial charge >= 0.3 is 0 Å². The number of nitrogens with one attached hydrogen (secondary N) is 1. The molecule has 1 unspecified atom stereocenters. The summed E-state index contributed by atoms with van der Waals surface area (Å²) >= 11 is 0. The van der Waals surface area contributed by atoms with Gasteiger partial charge in [-0.3, -0.25) is 4.90 Å². The second-order valence-electron chi connectivity index (χ2n) is 7.64. The number of benzene rings is 2. The van der Waals surface area contributed by atoms with Crippen LogP contribution in [0.15, 0.2) is 82.8 Å². The molecule has 0 radical (unpaired) electrons. The van der Waals surface area contributed by atoms with Crippen molar-refractivity contribution in [1.29, 1.82) is 0 Å². The Morgan fingerprint density at radius 2 is 1.69 bits per heavy atom. The van der Waals surface area contributed by atoms with Gasteiger partial charge in [0.2, 0.25) is 10.0 Å². The number of anilines is 1. The van der Waals surface area contributed by atoms with Gasteiger partial charge in [0.05, 0.1) is 12.3 Å². The molecule has 0 bridgehead atoms. The van der Waals surface area contributed by atoms with Crippen LogP contribution in [0.3, 0.4) is 0 Å². The molecule has 2 heterocycles. The Hall–Kier alpha value is -2.94. The van der Waals surface area contributed by atoms with E-state index in [2.05, 4.69) is 14.5 Å². The van der Waals surface area contributed by atoms with Gasteiger partial charge in [0, 0.05) is 43.8 Å². The average Bonchev–Trinajstić information content (AvgIpc) is 3.34. The highest BCUT2D eigenvalue weighted by atomic mass is 32.2. The molecule has 8 heteroatoms. The number of hydrogen-bond donors (Lipinski definition) is 1. The summed E-state index contributed by atoms with van der Waals surface area (Å²) in [6.45, 7) is 3.16. The van der Waals surface area contributed by atoms with Crippen LogP contribution in [-0.2, 0) is 10.0 Å². The van der Waals surface area contributed by atoms with Crippen LogP contribution < -0.4 is 9.62 Å². The smallest absolute Gasteiger partial charge is 0.233 e. The van der Waals surface area contributed by atoms with Crippen molar-refractivity contribution < 1.29 is 17.2 Å². The molecule has 0 spiro atoms. The van der Waals surface area contributed by atoms with Crippen LogP contribution in [0.4, 0.5) is 10.1 Å². The number of sulfonamides is 1. The van der Waals surface area contributed by atoms with E-state index in [-0.39, 0.29) is 18.4 Å². The van der Waals surface area contributed by atoms with Crippen molar-refractivity contribution in [3.63, 3.8) is 0 Å². The zero-order chi connectivity index (χ0) is 22.4. The molecule has 0 saturated carbocycles. The van der Waals surface area contributed by atoms with Crippen molar-refractivity contribution >= 4 is 21.8 Å². The normalized spacial score (nSPS) is 16.5. The van der Waals surface area contributed by atoms with Crippen LogP contribution in [0, 0.1) is 5.82 Å². The highest BCUT2D eigenvalue weighted by Gasteiger charge is 2.28. The van der Waals surface area contributed by atoms with Gasteiger partial charge in [-0.15, -0.1) is 0 Å². The lowest BCUT2D eigenvalue weighted by Gasteiger charge is -2.39. The van der Waals surface area contributed by atoms with Gasteiger partial charge in [-0.25, -0.2) is 17.5 Å². The summed E-state index contributed by atoms with van der Waals surface area (Å²) in [6, 6.07) is 19.2. The first-order valence-corrected chi connectivity index (χ1v) is 12.1. The van der Waals surface area contributed by atoms with Gasteiger partial charge in [0.1, 0.15) is 11.6 Å². The minimum Gasteiger partial charge on any atom is -0.468 e. The summed E-state index contributed by atoms with van der Waals surface area (Å²) in [5.74, 6) is 0.467. The summed E-state index contributed by atoms with van der Waals surface area (Å²) in [5, 5.41) is 1.19. The van der Waals surface area contributed by atoms with Gasteiger partial charge in [-0.05, 0) is 48.0 Å². The van der Waals surface area contributed by atoms with Crippen LogP contribution in [-0.4, -0.2) is 46.0 Å². The van der Waals surface area contributed by atoms with E-state index >= 15 is 0 Å². The molecule has 1 saturated heterocycles. The number of nitrogens with zero attached hydrogens (tertiary/aromatic N) is 2. The summed E-state index contributed by atoms with van der Waals surface area (Å²) in [4.78, 5) is 4.41. The van der Waals surface area contributed by atoms with Crippen molar-refractivity contribution in [1.82, 2.24) is 9.62 Å². The zero-order valence-electron chi connectivity index (χ0n) is 17.6. The molecule has 1 aliphatic heterocycles. The summed E-state index contributed by atoms with van der Waals surface area (Å²) in [5.41, 5.74) is 1.80. The third kappa shape index (κ3) is 5.85. The molecule has 1 N–H and O–H groups in total. The van der Waals surface area contributed by atoms with E-state index < -0.39 is 10.0 Å². The minimum absolute atomic E-state index is 0.200. The van der Waals surface area contributed by atoms with Gasteiger partial charge in [-0.1, -0.05) is 30.3 Å². The first kappa shape index (κ1) is 22.3. The highest BCUT2D eigenvalue weighted by molar-refractivity contribution is 7.92. The number of hydrogen-bond acceptors (Lipinski definition) is 5. The van der Waals surface area contributed by atoms with E-state index in [4.69, 9.17) is 4.42 Å². The summed E-state index contributed by atoms with van der Waals surface area (Å²) in [7, 11) is -3.61. The van der Waals surface area contributed by atoms with E-state index in [9.17, 15) is 12.8 Å². The predicted octanol–water partition coefficient (Wildman–Crippen LogP) is 3.87. The van der Waals surface area contributed by atoms with Crippen molar-refractivity contribution in [2.75, 3.05) is 37.6 Å². The molecule has 3 aromatic rings. The second kappa shape index (κ2) is 10.1. The molecule has 0 amide bonds. The number of rotatable bonds is 8. The Morgan fingerprint density at radius 1 is 0.969 bits per heavy atom. The molecule has 32 heavy (non-hydrogen) atoms. The van der Waals surface area contributed by atoms with Crippen molar-refractivity contribution in [3.05, 3.63) is 95.5 Å². The Labute approximate surface area is 188 Å². The lowest BCUT2D eigenvalue weighted by atomic mass is 10.1. The topological polar surface area (TPSA) is 65.8 Å². The first-order chi connectivity index (χ1) is 15.5. The first-order valence-electron chi connectivity index (χ1n) is 10.5. The molecule has 168 valence electrons. The van der Waals surface area contributed by atoms with E-state index in [1.54, 1.807) is 30.5 Å². The number of furan rings is 1. The molecular weight excluding hydrogens is 429 g/mol. The van der Waals surface area contributed by atoms with Crippen LogP contribution in [0.25, 0.3) is 6.08 Å². The monoisotopic (exact) mass is 455 g/mol. The van der Waals surface area contributed by atoms with Crippen LogP contribution in [0.5, 0.6) is 0 Å².